The van der Waals surface area contributed by atoms with Crippen molar-refractivity contribution in [3.63, 3.8) is 0 Å². The minimum absolute atomic E-state index is 0.00271. The van der Waals surface area contributed by atoms with Crippen LogP contribution in [0.1, 0.15) is 31.1 Å². The van der Waals surface area contributed by atoms with Gasteiger partial charge in [0.15, 0.2) is 23.3 Å². The van der Waals surface area contributed by atoms with Crippen molar-refractivity contribution in [3.8, 4) is 39.8 Å². The van der Waals surface area contributed by atoms with E-state index >= 15 is 0 Å². The van der Waals surface area contributed by atoms with Gasteiger partial charge < -0.3 is 20.1 Å². The fourth-order valence-electron chi connectivity index (χ4n) is 4.06. The molecule has 3 heterocycles. The first-order valence-electron chi connectivity index (χ1n) is 14.1. The maximum Gasteiger partial charge on any atom is 0.339 e. The fraction of sp³-hybridized carbons (Fsp3) is 0.0294. The van der Waals surface area contributed by atoms with Gasteiger partial charge in [0.2, 0.25) is 0 Å². The Kier molecular flexibility index (Phi) is 12.4. The monoisotopic (exact) mass is 718 g/mol. The van der Waals surface area contributed by atoms with E-state index in [9.17, 15) is 27.6 Å². The van der Waals surface area contributed by atoms with Gasteiger partial charge >= 0.3 is 17.9 Å². The van der Waals surface area contributed by atoms with Crippen LogP contribution in [-0.2, 0) is 0 Å². The van der Waals surface area contributed by atoms with E-state index in [0.717, 1.165) is 36.9 Å². The molecule has 17 heteroatoms. The van der Waals surface area contributed by atoms with Crippen molar-refractivity contribution in [1.29, 1.82) is 0 Å². The molecule has 6 rings (SSSR count). The Morgan fingerprint density at radius 1 is 0.608 bits per heavy atom. The average molecular weight is 719 g/mol. The lowest BCUT2D eigenvalue weighted by atomic mass is 10.1. The summed E-state index contributed by atoms with van der Waals surface area (Å²) in [5.41, 5.74) is 1.66. The smallest absolute Gasteiger partial charge is 0.339 e. The number of carbonyl (C=O) groups is 3. The SMILES string of the molecule is COc1ccc(-c2ncc(F)cn2)cc1C(=O)O.O=C(O)c1cc(-c2cnccn2)ccc1Cl.O=C(O)c1cc(-c2ncc(F)cn2)ccc1F. The first-order valence-corrected chi connectivity index (χ1v) is 14.4. The molecule has 0 unspecified atom stereocenters. The van der Waals surface area contributed by atoms with Gasteiger partial charge in [0.25, 0.3) is 0 Å². The Balaban J connectivity index is 0.000000172. The fourth-order valence-corrected chi connectivity index (χ4v) is 4.26. The molecule has 0 spiro atoms. The highest BCUT2D eigenvalue weighted by molar-refractivity contribution is 6.33. The van der Waals surface area contributed by atoms with E-state index in [0.29, 0.717) is 22.4 Å². The predicted octanol–water partition coefficient (Wildman–Crippen LogP) is 6.60. The molecule has 258 valence electrons. The summed E-state index contributed by atoms with van der Waals surface area (Å²) < 4.78 is 43.3. The van der Waals surface area contributed by atoms with Crippen molar-refractivity contribution in [2.75, 3.05) is 7.11 Å². The van der Waals surface area contributed by atoms with E-state index in [4.69, 9.17) is 31.7 Å². The van der Waals surface area contributed by atoms with Crippen LogP contribution in [0, 0.1) is 17.5 Å². The zero-order chi connectivity index (χ0) is 37.1. The molecule has 0 fully saturated rings. The molecule has 3 aromatic heterocycles. The van der Waals surface area contributed by atoms with Crippen LogP contribution < -0.4 is 4.74 Å². The number of rotatable bonds is 7. The van der Waals surface area contributed by atoms with Crippen LogP contribution in [-0.4, -0.2) is 70.2 Å². The standard InChI is InChI=1S/C12H9FN2O3.C11H7ClN2O2.C11H6F2N2O2/c1-18-10-3-2-7(4-9(10)12(16)17)11-14-5-8(13)6-15-11;12-9-2-1-7(5-8(9)11(15)16)10-6-13-3-4-14-10;12-7-4-14-10(15-5-7)6-1-2-9(13)8(3-6)11(16)17/h2-6H,1H3,(H,16,17);1-6H,(H,15,16);1-5H,(H,16,17). The molecule has 0 atom stereocenters. The van der Waals surface area contributed by atoms with Crippen molar-refractivity contribution >= 4 is 29.5 Å². The largest absolute Gasteiger partial charge is 0.496 e. The summed E-state index contributed by atoms with van der Waals surface area (Å²) in [5.74, 6) is -4.93. The van der Waals surface area contributed by atoms with E-state index in [2.05, 4.69) is 29.9 Å². The Morgan fingerprint density at radius 2 is 1.10 bits per heavy atom. The van der Waals surface area contributed by atoms with E-state index in [1.165, 1.54) is 37.4 Å². The lowest BCUT2D eigenvalue weighted by Crippen LogP contribution is -2.01. The van der Waals surface area contributed by atoms with Crippen molar-refractivity contribution in [3.05, 3.63) is 137 Å². The van der Waals surface area contributed by atoms with Gasteiger partial charge in [-0.3, -0.25) is 9.97 Å². The topological polar surface area (TPSA) is 198 Å². The number of nitrogens with zero attached hydrogens (tertiary/aromatic N) is 6. The van der Waals surface area contributed by atoms with E-state index < -0.39 is 40.9 Å². The quantitative estimate of drug-likeness (QED) is 0.160. The molecular formula is C34H22ClF3N6O7. The number of benzene rings is 3. The number of halogens is 4. The van der Waals surface area contributed by atoms with Gasteiger partial charge in [0.05, 0.1) is 59.9 Å². The lowest BCUT2D eigenvalue weighted by Gasteiger charge is -2.06. The van der Waals surface area contributed by atoms with E-state index in [-0.39, 0.29) is 33.5 Å². The Labute approximate surface area is 290 Å². The van der Waals surface area contributed by atoms with Gasteiger partial charge in [-0.05, 0) is 48.5 Å². The summed E-state index contributed by atoms with van der Waals surface area (Å²) in [5, 5.41) is 26.9. The predicted molar refractivity (Wildman–Crippen MR) is 175 cm³/mol. The molecule has 0 saturated heterocycles. The molecule has 0 aliphatic rings. The molecule has 6 aromatic rings. The molecule has 0 bridgehead atoms. The average Bonchev–Trinajstić information content (AvgIpc) is 3.13. The summed E-state index contributed by atoms with van der Waals surface area (Å²) in [7, 11) is 1.38. The summed E-state index contributed by atoms with van der Waals surface area (Å²) >= 11 is 5.76. The number of carboxylic acids is 3. The van der Waals surface area contributed by atoms with Crippen LogP contribution in [0.15, 0.2) is 98.0 Å². The van der Waals surface area contributed by atoms with Crippen LogP contribution in [0.2, 0.25) is 5.02 Å². The number of aromatic carboxylic acids is 3. The number of hydrogen-bond donors (Lipinski definition) is 3. The van der Waals surface area contributed by atoms with Gasteiger partial charge in [-0.2, -0.15) is 0 Å². The van der Waals surface area contributed by atoms with Crippen molar-refractivity contribution < 1.29 is 47.6 Å². The lowest BCUT2D eigenvalue weighted by molar-refractivity contribution is 0.0681. The number of aromatic nitrogens is 6. The van der Waals surface area contributed by atoms with Gasteiger partial charge in [0, 0.05) is 29.1 Å². The molecule has 3 N–H and O–H groups in total. The molecule has 51 heavy (non-hydrogen) atoms. The van der Waals surface area contributed by atoms with E-state index in [1.807, 2.05) is 0 Å². The first-order chi connectivity index (χ1) is 24.4. The highest BCUT2D eigenvalue weighted by Gasteiger charge is 2.15. The molecule has 0 aliphatic heterocycles. The van der Waals surface area contributed by atoms with Crippen LogP contribution in [0.4, 0.5) is 13.2 Å². The first kappa shape index (κ1) is 37.0. The third kappa shape index (κ3) is 9.86. The number of methoxy groups -OCH3 is 1. The van der Waals surface area contributed by atoms with Gasteiger partial charge in [-0.1, -0.05) is 17.7 Å². The molecule has 3 aromatic carbocycles. The van der Waals surface area contributed by atoms with Crippen LogP contribution in [0.25, 0.3) is 34.0 Å². The second-order valence-corrected chi connectivity index (χ2v) is 10.2. The van der Waals surface area contributed by atoms with Crippen molar-refractivity contribution in [2.24, 2.45) is 0 Å². The van der Waals surface area contributed by atoms with Crippen molar-refractivity contribution in [2.45, 2.75) is 0 Å². The van der Waals surface area contributed by atoms with Crippen molar-refractivity contribution in [1.82, 2.24) is 29.9 Å². The highest BCUT2D eigenvalue weighted by atomic mass is 35.5. The summed E-state index contributed by atoms with van der Waals surface area (Å²) in [4.78, 5) is 55.6. The van der Waals surface area contributed by atoms with Crippen LogP contribution >= 0.6 is 11.6 Å². The second-order valence-electron chi connectivity index (χ2n) is 9.76. The van der Waals surface area contributed by atoms with Crippen LogP contribution in [0.3, 0.4) is 0 Å². The minimum Gasteiger partial charge on any atom is -0.496 e. The molecule has 13 nitrogen and oxygen atoms in total. The number of hydrogen-bond acceptors (Lipinski definition) is 10. The molecule has 0 radical (unpaired) electrons. The van der Waals surface area contributed by atoms with Gasteiger partial charge in [-0.25, -0.2) is 47.5 Å². The third-order valence-electron chi connectivity index (χ3n) is 6.44. The molecule has 0 amide bonds. The summed E-state index contributed by atoms with van der Waals surface area (Å²) in [6, 6.07) is 12.7. The van der Waals surface area contributed by atoms with E-state index in [1.54, 1.807) is 30.7 Å². The summed E-state index contributed by atoms with van der Waals surface area (Å²) in [6.45, 7) is 0. The molecular weight excluding hydrogens is 697 g/mol. The Bertz CT molecular complexity index is 2180. The minimum atomic E-state index is -1.38. The Hall–Kier alpha value is -6.81. The Morgan fingerprint density at radius 3 is 1.59 bits per heavy atom. The second kappa shape index (κ2) is 17.0. The maximum atomic E-state index is 13.1. The normalized spacial score (nSPS) is 10.1. The summed E-state index contributed by atoms with van der Waals surface area (Å²) in [6.07, 6.45) is 8.61. The van der Waals surface area contributed by atoms with Crippen LogP contribution in [0.5, 0.6) is 5.75 Å². The van der Waals surface area contributed by atoms with Gasteiger partial charge in [0.1, 0.15) is 17.1 Å². The maximum absolute atomic E-state index is 13.1. The molecule has 0 saturated carbocycles. The molecule has 0 aliphatic carbocycles. The zero-order valence-electron chi connectivity index (χ0n) is 25.9. The number of ether oxygens (including phenoxy) is 1. The zero-order valence-corrected chi connectivity index (χ0v) is 26.7. The highest BCUT2D eigenvalue weighted by Crippen LogP contribution is 2.25. The third-order valence-corrected chi connectivity index (χ3v) is 6.77. The van der Waals surface area contributed by atoms with Gasteiger partial charge in [-0.15, -0.1) is 0 Å². The number of carboxylic acid groups (broad SMARTS) is 3.